The Morgan fingerprint density at radius 3 is 2.93 bits per heavy atom. The molecule has 0 bridgehead atoms. The Morgan fingerprint density at radius 2 is 2.22 bits per heavy atom. The van der Waals surface area contributed by atoms with Crippen LogP contribution in [-0.2, 0) is 10.3 Å². The lowest BCUT2D eigenvalue weighted by Gasteiger charge is -2.27. The molecule has 1 amide bonds. The van der Waals surface area contributed by atoms with Crippen LogP contribution in [0, 0.1) is 5.82 Å². The van der Waals surface area contributed by atoms with Crippen LogP contribution in [0.1, 0.15) is 23.1 Å². The van der Waals surface area contributed by atoms with Crippen molar-refractivity contribution < 1.29 is 18.7 Å². The normalized spacial score (nSPS) is 25.7. The number of nitrogens with zero attached hydrogens (tertiary/aromatic N) is 4. The number of fused-ring (bicyclic) bond motifs is 1. The number of ether oxygens (including phenoxy) is 2. The standard InChI is InChI=1S/C16H16FN7O3/c1-16(12-14(23-12)27-15(18)24-16)11-7(17)3-4-9(21-11)22-13(25)8-5-20-10(26-2)6-19-8/h3-6,12,14,23H,1-2H3,(H2,18,24)(H,21,22,25)/t12-,14-,16+/m0/s1. The Balaban J connectivity index is 1.61. The zero-order valence-corrected chi connectivity index (χ0v) is 14.4. The summed E-state index contributed by atoms with van der Waals surface area (Å²) in [6.07, 6.45) is 2.25. The molecule has 0 aromatic carbocycles. The van der Waals surface area contributed by atoms with Gasteiger partial charge < -0.3 is 20.5 Å². The van der Waals surface area contributed by atoms with Gasteiger partial charge >= 0.3 is 0 Å². The Bertz CT molecular complexity index is 936. The van der Waals surface area contributed by atoms with Crippen molar-refractivity contribution >= 4 is 17.7 Å². The molecule has 0 spiro atoms. The molecule has 10 nitrogen and oxygen atoms in total. The molecule has 4 heterocycles. The van der Waals surface area contributed by atoms with Gasteiger partial charge in [-0.3, -0.25) is 10.1 Å². The van der Waals surface area contributed by atoms with E-state index >= 15 is 0 Å². The number of aromatic nitrogens is 3. The van der Waals surface area contributed by atoms with Crippen LogP contribution in [0.5, 0.6) is 5.88 Å². The number of nitrogens with two attached hydrogens (primary N) is 1. The first-order chi connectivity index (χ1) is 12.9. The number of pyridine rings is 1. The van der Waals surface area contributed by atoms with E-state index < -0.39 is 17.3 Å². The molecule has 2 aliphatic rings. The monoisotopic (exact) mass is 373 g/mol. The number of hydrogen-bond acceptors (Lipinski definition) is 9. The van der Waals surface area contributed by atoms with Crippen molar-refractivity contribution in [2.45, 2.75) is 24.7 Å². The summed E-state index contributed by atoms with van der Waals surface area (Å²) in [5.74, 6) is -0.681. The van der Waals surface area contributed by atoms with Gasteiger partial charge in [0.15, 0.2) is 6.23 Å². The van der Waals surface area contributed by atoms with E-state index in [1.807, 2.05) is 0 Å². The van der Waals surface area contributed by atoms with E-state index in [0.29, 0.717) is 0 Å². The second-order valence-electron chi connectivity index (χ2n) is 6.21. The van der Waals surface area contributed by atoms with E-state index in [4.69, 9.17) is 15.2 Å². The highest BCUT2D eigenvalue weighted by Gasteiger charge is 2.58. The van der Waals surface area contributed by atoms with Gasteiger partial charge in [0, 0.05) is 0 Å². The lowest BCUT2D eigenvalue weighted by molar-refractivity contribution is 0.102. The van der Waals surface area contributed by atoms with Gasteiger partial charge in [-0.15, -0.1) is 0 Å². The minimum atomic E-state index is -1.06. The highest BCUT2D eigenvalue weighted by atomic mass is 19.1. The highest BCUT2D eigenvalue weighted by Crippen LogP contribution is 2.41. The summed E-state index contributed by atoms with van der Waals surface area (Å²) in [5.41, 5.74) is 4.73. The van der Waals surface area contributed by atoms with Crippen LogP contribution in [0.4, 0.5) is 10.2 Å². The molecule has 0 saturated carbocycles. The molecule has 2 aromatic rings. The van der Waals surface area contributed by atoms with Gasteiger partial charge in [0.1, 0.15) is 28.6 Å². The number of carbonyl (C=O) groups excluding carboxylic acids is 1. The fourth-order valence-electron chi connectivity index (χ4n) is 2.92. The number of hydrogen-bond donors (Lipinski definition) is 3. The van der Waals surface area contributed by atoms with Gasteiger partial charge in [-0.05, 0) is 19.1 Å². The Morgan fingerprint density at radius 1 is 1.41 bits per heavy atom. The molecular formula is C16H16FN7O3. The Hall–Kier alpha value is -3.34. The number of nitrogens with one attached hydrogen (secondary N) is 2. The number of methoxy groups -OCH3 is 1. The molecule has 3 atom stereocenters. The van der Waals surface area contributed by atoms with Gasteiger partial charge in [-0.1, -0.05) is 0 Å². The number of anilines is 1. The second-order valence-corrected chi connectivity index (χ2v) is 6.21. The molecule has 4 rings (SSSR count). The Labute approximate surface area is 153 Å². The van der Waals surface area contributed by atoms with Crippen molar-refractivity contribution in [2.24, 2.45) is 10.7 Å². The van der Waals surface area contributed by atoms with E-state index in [0.717, 1.165) is 0 Å². The number of carbonyl (C=O) groups is 1. The van der Waals surface area contributed by atoms with Crippen molar-refractivity contribution in [2.75, 3.05) is 12.4 Å². The minimum absolute atomic E-state index is 0.0482. The van der Waals surface area contributed by atoms with Gasteiger partial charge in [0.05, 0.1) is 25.5 Å². The summed E-state index contributed by atoms with van der Waals surface area (Å²) in [6, 6.07) is 2.25. The van der Waals surface area contributed by atoms with Gasteiger partial charge in [0.25, 0.3) is 11.9 Å². The lowest BCUT2D eigenvalue weighted by atomic mass is 9.92. The topological polar surface area (TPSA) is 147 Å². The maximum Gasteiger partial charge on any atom is 0.284 e. The first kappa shape index (κ1) is 17.1. The van der Waals surface area contributed by atoms with Crippen LogP contribution < -0.4 is 21.1 Å². The van der Waals surface area contributed by atoms with E-state index in [-0.39, 0.29) is 41.4 Å². The van der Waals surface area contributed by atoms with Crippen LogP contribution in [0.2, 0.25) is 0 Å². The SMILES string of the molecule is COc1cnc(C(=O)Nc2ccc(F)c([C@@]3(C)N=C(N)O[C@@H]4N[C@@H]43)n2)cn1. The number of rotatable bonds is 4. The number of halogens is 1. The Kier molecular flexibility index (Phi) is 3.88. The lowest BCUT2D eigenvalue weighted by Crippen LogP contribution is -2.39. The van der Waals surface area contributed by atoms with E-state index in [1.165, 1.54) is 31.6 Å². The minimum Gasteiger partial charge on any atom is -0.480 e. The van der Waals surface area contributed by atoms with E-state index in [2.05, 4.69) is 30.6 Å². The van der Waals surface area contributed by atoms with Crippen molar-refractivity contribution in [1.82, 2.24) is 20.3 Å². The molecule has 1 saturated heterocycles. The number of aliphatic imine (C=N–C) groups is 1. The summed E-state index contributed by atoms with van der Waals surface area (Å²) in [7, 11) is 1.44. The maximum absolute atomic E-state index is 14.5. The third-order valence-electron chi connectivity index (χ3n) is 4.37. The molecule has 11 heteroatoms. The largest absolute Gasteiger partial charge is 0.480 e. The van der Waals surface area contributed by atoms with Crippen molar-refractivity contribution in [1.29, 1.82) is 0 Å². The number of amidine groups is 1. The molecule has 140 valence electrons. The van der Waals surface area contributed by atoms with E-state index in [9.17, 15) is 9.18 Å². The van der Waals surface area contributed by atoms with Crippen LogP contribution >= 0.6 is 0 Å². The molecular weight excluding hydrogens is 357 g/mol. The van der Waals surface area contributed by atoms with Crippen LogP contribution in [0.3, 0.4) is 0 Å². The van der Waals surface area contributed by atoms with Gasteiger partial charge in [-0.2, -0.15) is 0 Å². The summed E-state index contributed by atoms with van der Waals surface area (Å²) in [4.78, 5) is 28.7. The summed E-state index contributed by atoms with van der Waals surface area (Å²) >= 11 is 0. The second kappa shape index (κ2) is 6.13. The number of amides is 1. The molecule has 1 fully saturated rings. The zero-order valence-electron chi connectivity index (χ0n) is 14.4. The van der Waals surface area contributed by atoms with Gasteiger partial charge in [-0.25, -0.2) is 24.3 Å². The summed E-state index contributed by atoms with van der Waals surface area (Å²) in [5, 5.41) is 5.60. The molecule has 2 aliphatic heterocycles. The van der Waals surface area contributed by atoms with E-state index in [1.54, 1.807) is 6.92 Å². The average molecular weight is 373 g/mol. The molecule has 0 radical (unpaired) electrons. The maximum atomic E-state index is 14.5. The smallest absolute Gasteiger partial charge is 0.284 e. The van der Waals surface area contributed by atoms with Crippen molar-refractivity contribution in [3.05, 3.63) is 41.7 Å². The highest BCUT2D eigenvalue weighted by molar-refractivity contribution is 6.02. The predicted molar refractivity (Wildman–Crippen MR) is 91.5 cm³/mol. The average Bonchev–Trinajstić information content (AvgIpc) is 3.43. The fraction of sp³-hybridized carbons (Fsp3) is 0.312. The third-order valence-corrected chi connectivity index (χ3v) is 4.37. The first-order valence-corrected chi connectivity index (χ1v) is 8.03. The van der Waals surface area contributed by atoms with Crippen molar-refractivity contribution in [3.63, 3.8) is 0 Å². The fourth-order valence-corrected chi connectivity index (χ4v) is 2.92. The zero-order chi connectivity index (χ0) is 19.2. The predicted octanol–water partition coefficient (Wildman–Crippen LogP) is 0.130. The molecule has 2 aromatic heterocycles. The molecule has 0 unspecified atom stereocenters. The molecule has 27 heavy (non-hydrogen) atoms. The van der Waals surface area contributed by atoms with Crippen LogP contribution in [-0.4, -0.2) is 46.3 Å². The summed E-state index contributed by atoms with van der Waals surface area (Å²) < 4.78 is 24.6. The first-order valence-electron chi connectivity index (χ1n) is 8.03. The molecule has 0 aliphatic carbocycles. The summed E-state index contributed by atoms with van der Waals surface area (Å²) in [6.45, 7) is 1.70. The van der Waals surface area contributed by atoms with Gasteiger partial charge in [0.2, 0.25) is 5.88 Å². The third kappa shape index (κ3) is 3.01. The van der Waals surface area contributed by atoms with Crippen LogP contribution in [0.25, 0.3) is 0 Å². The molecule has 4 N–H and O–H groups in total. The van der Waals surface area contributed by atoms with Crippen LogP contribution in [0.15, 0.2) is 29.5 Å². The van der Waals surface area contributed by atoms with Crippen molar-refractivity contribution in [3.8, 4) is 5.88 Å². The quantitative estimate of drug-likeness (QED) is 0.641.